The Morgan fingerprint density at radius 3 is 2.64 bits per heavy atom. The topological polar surface area (TPSA) is 32.3 Å². The summed E-state index contributed by atoms with van der Waals surface area (Å²) in [7, 11) is 0. The first-order valence-corrected chi connectivity index (χ1v) is 5.25. The second-order valence-electron chi connectivity index (χ2n) is 4.91. The Kier molecular flexibility index (Phi) is 3.90. The molecule has 0 saturated carbocycles. The first kappa shape index (κ1) is 11.5. The molecular weight excluding hydrogens is 174 g/mol. The van der Waals surface area contributed by atoms with Crippen molar-refractivity contribution in [2.45, 2.75) is 38.8 Å². The van der Waals surface area contributed by atoms with Gasteiger partial charge in [-0.3, -0.25) is 0 Å². The van der Waals surface area contributed by atoms with Gasteiger partial charge in [0, 0.05) is 18.0 Å². The maximum Gasteiger partial charge on any atom is 0.0730 e. The number of nitrogens with one attached hydrogen (secondary N) is 1. The van der Waals surface area contributed by atoms with E-state index in [0.717, 1.165) is 6.42 Å². The van der Waals surface area contributed by atoms with E-state index >= 15 is 0 Å². The summed E-state index contributed by atoms with van der Waals surface area (Å²) in [6.07, 6.45) is 8.88. The molecule has 0 aromatic carbocycles. The van der Waals surface area contributed by atoms with Crippen LogP contribution in [-0.2, 0) is 0 Å². The lowest BCUT2D eigenvalue weighted by Gasteiger charge is -2.26. The molecule has 2 atom stereocenters. The van der Waals surface area contributed by atoms with Gasteiger partial charge in [-0.05, 0) is 27.2 Å². The van der Waals surface area contributed by atoms with Crippen LogP contribution >= 0.6 is 0 Å². The highest BCUT2D eigenvalue weighted by Crippen LogP contribution is 2.15. The van der Waals surface area contributed by atoms with E-state index in [0.29, 0.717) is 6.54 Å². The van der Waals surface area contributed by atoms with Crippen molar-refractivity contribution in [3.05, 3.63) is 24.3 Å². The van der Waals surface area contributed by atoms with Crippen LogP contribution in [0, 0.1) is 5.92 Å². The Hall–Kier alpha value is -0.600. The predicted octanol–water partition coefficient (Wildman–Crippen LogP) is 1.87. The van der Waals surface area contributed by atoms with Gasteiger partial charge >= 0.3 is 0 Å². The van der Waals surface area contributed by atoms with Crippen molar-refractivity contribution in [2.24, 2.45) is 5.92 Å². The summed E-state index contributed by atoms with van der Waals surface area (Å²) in [4.78, 5) is 0. The first-order valence-electron chi connectivity index (χ1n) is 5.25. The van der Waals surface area contributed by atoms with Gasteiger partial charge in [-0.15, -0.1) is 0 Å². The third-order valence-electron chi connectivity index (χ3n) is 2.35. The number of rotatable bonds is 3. The Balaban J connectivity index is 2.31. The molecule has 2 N–H and O–H groups in total. The van der Waals surface area contributed by atoms with Gasteiger partial charge in [0.25, 0.3) is 0 Å². The molecule has 2 unspecified atom stereocenters. The summed E-state index contributed by atoms with van der Waals surface area (Å²) in [5.74, 6) is 0.273. The molecule has 80 valence electrons. The third-order valence-corrected chi connectivity index (χ3v) is 2.35. The standard InChI is InChI=1S/C12H21NO/c1-12(2,3)13-9-11(14)10-7-5-4-6-8-10/h4-7,10-11,13-14H,8-9H2,1-3H3. The zero-order valence-corrected chi connectivity index (χ0v) is 9.33. The summed E-state index contributed by atoms with van der Waals surface area (Å²) in [6, 6.07) is 0. The number of allylic oxidation sites excluding steroid dienone is 3. The largest absolute Gasteiger partial charge is 0.391 e. The molecule has 0 aromatic heterocycles. The van der Waals surface area contributed by atoms with Crippen molar-refractivity contribution < 1.29 is 5.11 Å². The number of hydrogen-bond donors (Lipinski definition) is 2. The lowest BCUT2D eigenvalue weighted by molar-refractivity contribution is 0.120. The number of hydrogen-bond acceptors (Lipinski definition) is 2. The molecule has 1 aliphatic rings. The number of aliphatic hydroxyl groups excluding tert-OH is 1. The molecule has 0 amide bonds. The van der Waals surface area contributed by atoms with E-state index < -0.39 is 0 Å². The Bertz CT molecular complexity index is 225. The van der Waals surface area contributed by atoms with E-state index in [2.05, 4.69) is 38.2 Å². The highest BCUT2D eigenvalue weighted by Gasteiger charge is 2.18. The number of aliphatic hydroxyl groups is 1. The van der Waals surface area contributed by atoms with E-state index in [-0.39, 0.29) is 17.6 Å². The molecule has 0 aromatic rings. The minimum absolute atomic E-state index is 0.0786. The van der Waals surface area contributed by atoms with Gasteiger partial charge < -0.3 is 10.4 Å². The lowest BCUT2D eigenvalue weighted by Crippen LogP contribution is -2.42. The van der Waals surface area contributed by atoms with E-state index in [1.807, 2.05) is 12.2 Å². The molecule has 0 spiro atoms. The van der Waals surface area contributed by atoms with Crippen LogP contribution in [0.3, 0.4) is 0 Å². The third kappa shape index (κ3) is 4.07. The van der Waals surface area contributed by atoms with Crippen LogP contribution in [0.5, 0.6) is 0 Å². The average molecular weight is 195 g/mol. The van der Waals surface area contributed by atoms with Crippen LogP contribution in [0.4, 0.5) is 0 Å². The second-order valence-corrected chi connectivity index (χ2v) is 4.91. The molecule has 14 heavy (non-hydrogen) atoms. The van der Waals surface area contributed by atoms with Crippen molar-refractivity contribution in [1.82, 2.24) is 5.32 Å². The van der Waals surface area contributed by atoms with Gasteiger partial charge in [0.1, 0.15) is 0 Å². The van der Waals surface area contributed by atoms with Crippen molar-refractivity contribution >= 4 is 0 Å². The fourth-order valence-corrected chi connectivity index (χ4v) is 1.45. The minimum atomic E-state index is -0.282. The summed E-state index contributed by atoms with van der Waals surface area (Å²) < 4.78 is 0. The molecule has 2 heteroatoms. The summed E-state index contributed by atoms with van der Waals surface area (Å²) >= 11 is 0. The fourth-order valence-electron chi connectivity index (χ4n) is 1.45. The van der Waals surface area contributed by atoms with Crippen LogP contribution in [-0.4, -0.2) is 23.3 Å². The van der Waals surface area contributed by atoms with Crippen molar-refractivity contribution in [1.29, 1.82) is 0 Å². The maximum atomic E-state index is 9.89. The van der Waals surface area contributed by atoms with Gasteiger partial charge in [-0.25, -0.2) is 0 Å². The second kappa shape index (κ2) is 4.76. The van der Waals surface area contributed by atoms with Crippen LogP contribution in [0.2, 0.25) is 0 Å². The minimum Gasteiger partial charge on any atom is -0.391 e. The molecule has 1 rings (SSSR count). The van der Waals surface area contributed by atoms with Gasteiger partial charge in [0.05, 0.1) is 6.10 Å². The Morgan fingerprint density at radius 2 is 2.14 bits per heavy atom. The van der Waals surface area contributed by atoms with E-state index in [1.54, 1.807) is 0 Å². The van der Waals surface area contributed by atoms with E-state index in [1.165, 1.54) is 0 Å². The van der Waals surface area contributed by atoms with Crippen molar-refractivity contribution in [3.63, 3.8) is 0 Å². The molecule has 1 aliphatic carbocycles. The van der Waals surface area contributed by atoms with Crippen molar-refractivity contribution in [2.75, 3.05) is 6.54 Å². The van der Waals surface area contributed by atoms with Crippen LogP contribution < -0.4 is 5.32 Å². The quantitative estimate of drug-likeness (QED) is 0.720. The maximum absolute atomic E-state index is 9.89. The molecule has 2 nitrogen and oxygen atoms in total. The Labute approximate surface area is 86.7 Å². The monoisotopic (exact) mass is 195 g/mol. The zero-order chi connectivity index (χ0) is 10.6. The van der Waals surface area contributed by atoms with E-state index in [9.17, 15) is 5.11 Å². The highest BCUT2D eigenvalue weighted by atomic mass is 16.3. The molecule has 0 bridgehead atoms. The molecule has 0 fully saturated rings. The highest BCUT2D eigenvalue weighted by molar-refractivity contribution is 5.12. The average Bonchev–Trinajstić information content (AvgIpc) is 2.14. The zero-order valence-electron chi connectivity index (χ0n) is 9.33. The predicted molar refractivity (Wildman–Crippen MR) is 60.1 cm³/mol. The Morgan fingerprint density at radius 1 is 1.43 bits per heavy atom. The normalized spacial score (nSPS) is 23.9. The van der Waals surface area contributed by atoms with Crippen LogP contribution in [0.1, 0.15) is 27.2 Å². The lowest BCUT2D eigenvalue weighted by atomic mass is 9.94. The van der Waals surface area contributed by atoms with Crippen molar-refractivity contribution in [3.8, 4) is 0 Å². The van der Waals surface area contributed by atoms with Crippen LogP contribution in [0.25, 0.3) is 0 Å². The van der Waals surface area contributed by atoms with Gasteiger partial charge in [-0.2, -0.15) is 0 Å². The molecular formula is C12H21NO. The SMILES string of the molecule is CC(C)(C)NCC(O)C1C=CC=CC1. The van der Waals surface area contributed by atoms with Gasteiger partial charge in [0.2, 0.25) is 0 Å². The molecule has 0 saturated heterocycles. The smallest absolute Gasteiger partial charge is 0.0730 e. The molecule has 0 aliphatic heterocycles. The summed E-state index contributed by atoms with van der Waals surface area (Å²) in [5.41, 5.74) is 0.0786. The first-order chi connectivity index (χ1) is 6.49. The molecule has 0 radical (unpaired) electrons. The van der Waals surface area contributed by atoms with Gasteiger partial charge in [-0.1, -0.05) is 24.3 Å². The summed E-state index contributed by atoms with van der Waals surface area (Å²) in [5, 5.41) is 13.2. The fraction of sp³-hybridized carbons (Fsp3) is 0.667. The number of β-amino-alcohol motifs (C(OH)–C–C–N with tert-alkyl or cyclic N) is 1. The van der Waals surface area contributed by atoms with Gasteiger partial charge in [0.15, 0.2) is 0 Å². The summed E-state index contributed by atoms with van der Waals surface area (Å²) in [6.45, 7) is 6.98. The van der Waals surface area contributed by atoms with E-state index in [4.69, 9.17) is 0 Å². The molecule has 0 heterocycles. The van der Waals surface area contributed by atoms with Crippen LogP contribution in [0.15, 0.2) is 24.3 Å².